The van der Waals surface area contributed by atoms with Crippen LogP contribution in [0.4, 0.5) is 5.69 Å². The number of esters is 1. The van der Waals surface area contributed by atoms with Crippen molar-refractivity contribution in [3.05, 3.63) is 41.3 Å². The van der Waals surface area contributed by atoms with Crippen LogP contribution in [0.3, 0.4) is 0 Å². The van der Waals surface area contributed by atoms with Crippen LogP contribution in [0, 0.1) is 11.8 Å². The number of Topliss-reactive ketones (excluding diaryl/α,β-unsaturated/α-hetero) is 1. The largest absolute Gasteiger partial charge is 0.510 e. The number of carbonyl (C=O) groups is 2. The SMILES string of the molecule is CCCCOC(=O)c1ccc(N=NC2=C(O)C3CCCCC3C2=O)cc1. The highest BCUT2D eigenvalue weighted by molar-refractivity contribution is 6.00. The zero-order valence-corrected chi connectivity index (χ0v) is 15.0. The number of aliphatic hydroxyl groups is 1. The van der Waals surface area contributed by atoms with Gasteiger partial charge in [0.15, 0.2) is 11.5 Å². The minimum atomic E-state index is -0.364. The Labute approximate surface area is 153 Å². The molecule has 0 heterocycles. The summed E-state index contributed by atoms with van der Waals surface area (Å²) in [5.41, 5.74) is 1.05. The second-order valence-corrected chi connectivity index (χ2v) is 6.83. The molecular weight excluding hydrogens is 332 g/mol. The fraction of sp³-hybridized carbons (Fsp3) is 0.500. The molecule has 3 rings (SSSR count). The van der Waals surface area contributed by atoms with Crippen molar-refractivity contribution in [3.63, 3.8) is 0 Å². The van der Waals surface area contributed by atoms with Crippen LogP contribution in [0.1, 0.15) is 55.8 Å². The lowest BCUT2D eigenvalue weighted by Gasteiger charge is -2.23. The molecule has 1 saturated carbocycles. The summed E-state index contributed by atoms with van der Waals surface area (Å²) in [6, 6.07) is 6.52. The zero-order valence-electron chi connectivity index (χ0n) is 15.0. The average molecular weight is 356 g/mol. The number of azo groups is 1. The first-order chi connectivity index (χ1) is 12.6. The second kappa shape index (κ2) is 8.25. The third kappa shape index (κ3) is 3.84. The number of aliphatic hydroxyl groups excluding tert-OH is 1. The van der Waals surface area contributed by atoms with Gasteiger partial charge in [-0.05, 0) is 43.5 Å². The van der Waals surface area contributed by atoms with Gasteiger partial charge < -0.3 is 9.84 Å². The van der Waals surface area contributed by atoms with E-state index in [1.165, 1.54) is 0 Å². The maximum Gasteiger partial charge on any atom is 0.338 e. The number of ketones is 1. The van der Waals surface area contributed by atoms with Crippen LogP contribution >= 0.6 is 0 Å². The van der Waals surface area contributed by atoms with E-state index >= 15 is 0 Å². The van der Waals surface area contributed by atoms with E-state index in [-0.39, 0.29) is 35.0 Å². The van der Waals surface area contributed by atoms with E-state index in [4.69, 9.17) is 4.74 Å². The van der Waals surface area contributed by atoms with E-state index in [9.17, 15) is 14.7 Å². The summed E-state index contributed by atoms with van der Waals surface area (Å²) < 4.78 is 5.15. The summed E-state index contributed by atoms with van der Waals surface area (Å²) in [7, 11) is 0. The third-order valence-corrected chi connectivity index (χ3v) is 5.03. The molecule has 0 bridgehead atoms. The first-order valence-corrected chi connectivity index (χ1v) is 9.28. The molecule has 0 aliphatic heterocycles. The lowest BCUT2D eigenvalue weighted by Crippen LogP contribution is -2.21. The number of rotatable bonds is 6. The maximum atomic E-state index is 12.4. The molecule has 1 fully saturated rings. The molecule has 1 aromatic rings. The Kier molecular flexibility index (Phi) is 5.81. The van der Waals surface area contributed by atoms with Gasteiger partial charge in [-0.15, -0.1) is 5.11 Å². The number of nitrogens with zero attached hydrogens (tertiary/aromatic N) is 2. The smallest absolute Gasteiger partial charge is 0.338 e. The van der Waals surface area contributed by atoms with Gasteiger partial charge in [0, 0.05) is 11.8 Å². The molecule has 1 aromatic carbocycles. The molecule has 2 unspecified atom stereocenters. The highest BCUT2D eigenvalue weighted by Gasteiger charge is 2.43. The minimum Gasteiger partial charge on any atom is -0.510 e. The molecule has 1 N–H and O–H groups in total. The molecule has 0 radical (unpaired) electrons. The van der Waals surface area contributed by atoms with Crippen molar-refractivity contribution in [2.45, 2.75) is 45.4 Å². The van der Waals surface area contributed by atoms with E-state index in [0.717, 1.165) is 38.5 Å². The Bertz CT molecular complexity index is 737. The molecule has 26 heavy (non-hydrogen) atoms. The van der Waals surface area contributed by atoms with Crippen molar-refractivity contribution >= 4 is 17.4 Å². The summed E-state index contributed by atoms with van der Waals surface area (Å²) in [4.78, 5) is 24.3. The number of fused-ring (bicyclic) bond motifs is 1. The Morgan fingerprint density at radius 2 is 1.85 bits per heavy atom. The Hall–Kier alpha value is -2.50. The van der Waals surface area contributed by atoms with Crippen LogP contribution < -0.4 is 0 Å². The molecule has 0 aromatic heterocycles. The second-order valence-electron chi connectivity index (χ2n) is 6.83. The summed E-state index contributed by atoms with van der Waals surface area (Å²) in [5, 5.41) is 18.4. The number of unbranched alkanes of at least 4 members (excludes halogenated alkanes) is 1. The number of hydrogen-bond donors (Lipinski definition) is 1. The van der Waals surface area contributed by atoms with Gasteiger partial charge >= 0.3 is 5.97 Å². The van der Waals surface area contributed by atoms with Gasteiger partial charge in [-0.2, -0.15) is 5.11 Å². The lowest BCUT2D eigenvalue weighted by atomic mass is 9.80. The maximum absolute atomic E-state index is 12.4. The zero-order chi connectivity index (χ0) is 18.5. The molecule has 2 aliphatic rings. The van der Waals surface area contributed by atoms with Crippen LogP contribution in [0.25, 0.3) is 0 Å². The summed E-state index contributed by atoms with van der Waals surface area (Å²) in [6.45, 7) is 2.44. The topological polar surface area (TPSA) is 88.3 Å². The predicted molar refractivity (Wildman–Crippen MR) is 96.3 cm³/mol. The Morgan fingerprint density at radius 1 is 1.15 bits per heavy atom. The van der Waals surface area contributed by atoms with Gasteiger partial charge in [0.05, 0.1) is 17.9 Å². The monoisotopic (exact) mass is 356 g/mol. The first-order valence-electron chi connectivity index (χ1n) is 9.28. The number of carbonyl (C=O) groups excluding carboxylic acids is 2. The number of ether oxygens (including phenoxy) is 1. The molecule has 138 valence electrons. The Morgan fingerprint density at radius 3 is 2.50 bits per heavy atom. The summed E-state index contributed by atoms with van der Waals surface area (Å²) >= 11 is 0. The Balaban J connectivity index is 1.66. The highest BCUT2D eigenvalue weighted by atomic mass is 16.5. The van der Waals surface area contributed by atoms with Gasteiger partial charge in [-0.1, -0.05) is 26.2 Å². The lowest BCUT2D eigenvalue weighted by molar-refractivity contribution is -0.120. The van der Waals surface area contributed by atoms with E-state index < -0.39 is 0 Å². The fourth-order valence-corrected chi connectivity index (χ4v) is 3.51. The molecule has 6 heteroatoms. The van der Waals surface area contributed by atoms with Crippen molar-refractivity contribution in [3.8, 4) is 0 Å². The van der Waals surface area contributed by atoms with E-state index in [0.29, 0.717) is 17.9 Å². The highest BCUT2D eigenvalue weighted by Crippen LogP contribution is 2.43. The van der Waals surface area contributed by atoms with Gasteiger partial charge in [0.1, 0.15) is 5.76 Å². The van der Waals surface area contributed by atoms with Crippen LogP contribution in [-0.2, 0) is 9.53 Å². The summed E-state index contributed by atoms with van der Waals surface area (Å²) in [5.74, 6) is -0.618. The molecule has 2 aliphatic carbocycles. The number of benzene rings is 1. The van der Waals surface area contributed by atoms with Crippen molar-refractivity contribution in [2.24, 2.45) is 22.1 Å². The van der Waals surface area contributed by atoms with Gasteiger partial charge in [0.25, 0.3) is 0 Å². The molecule has 2 atom stereocenters. The van der Waals surface area contributed by atoms with Gasteiger partial charge in [0.2, 0.25) is 0 Å². The van der Waals surface area contributed by atoms with E-state index in [1.807, 2.05) is 6.92 Å². The molecule has 0 spiro atoms. The summed E-state index contributed by atoms with van der Waals surface area (Å²) in [6.07, 6.45) is 5.49. The van der Waals surface area contributed by atoms with Crippen LogP contribution in [0.5, 0.6) is 0 Å². The number of hydrogen-bond acceptors (Lipinski definition) is 6. The molecule has 0 saturated heterocycles. The first kappa shape index (κ1) is 18.3. The fourth-order valence-electron chi connectivity index (χ4n) is 3.51. The van der Waals surface area contributed by atoms with Gasteiger partial charge in [-0.25, -0.2) is 4.79 Å². The van der Waals surface area contributed by atoms with Gasteiger partial charge in [-0.3, -0.25) is 4.79 Å². The van der Waals surface area contributed by atoms with Crippen LogP contribution in [0.15, 0.2) is 46.0 Å². The quantitative estimate of drug-likeness (QED) is 0.447. The standard InChI is InChI=1S/C20H24N2O4/c1-2-3-12-26-20(25)13-8-10-14(11-9-13)21-22-17-18(23)15-6-4-5-7-16(15)19(17)24/h8-11,15-16,23H,2-7,12H2,1H3. The normalized spacial score (nSPS) is 22.7. The predicted octanol–water partition coefficient (Wildman–Crippen LogP) is 4.89. The average Bonchev–Trinajstić information content (AvgIpc) is 2.91. The molecule has 6 nitrogen and oxygen atoms in total. The van der Waals surface area contributed by atoms with Crippen LogP contribution in [-0.4, -0.2) is 23.5 Å². The van der Waals surface area contributed by atoms with E-state index in [1.54, 1.807) is 24.3 Å². The third-order valence-electron chi connectivity index (χ3n) is 5.03. The van der Waals surface area contributed by atoms with Crippen molar-refractivity contribution in [1.29, 1.82) is 0 Å². The van der Waals surface area contributed by atoms with Crippen LogP contribution in [0.2, 0.25) is 0 Å². The van der Waals surface area contributed by atoms with Crippen molar-refractivity contribution in [2.75, 3.05) is 6.61 Å². The van der Waals surface area contributed by atoms with Crippen molar-refractivity contribution < 1.29 is 19.4 Å². The minimum absolute atomic E-state index is 0.0829. The van der Waals surface area contributed by atoms with E-state index in [2.05, 4.69) is 10.2 Å². The molecular formula is C20H24N2O4. The number of allylic oxidation sites excluding steroid dienone is 2. The molecule has 0 amide bonds. The van der Waals surface area contributed by atoms with Crippen molar-refractivity contribution in [1.82, 2.24) is 0 Å².